The van der Waals surface area contributed by atoms with Gasteiger partial charge in [0.1, 0.15) is 0 Å². The van der Waals surface area contributed by atoms with E-state index in [9.17, 15) is 0 Å². The minimum absolute atomic E-state index is 0.649. The highest BCUT2D eigenvalue weighted by atomic mass is 15.3. The zero-order valence-electron chi connectivity index (χ0n) is 22.3. The van der Waals surface area contributed by atoms with Gasteiger partial charge in [0.15, 0.2) is 11.6 Å². The number of anilines is 2. The maximum Gasteiger partial charge on any atom is 0.183 e. The zero-order chi connectivity index (χ0) is 25.9. The van der Waals surface area contributed by atoms with E-state index in [1.807, 2.05) is 59.0 Å². The van der Waals surface area contributed by atoms with Crippen LogP contribution in [0.2, 0.25) is 0 Å². The molecule has 0 atom stereocenters. The smallest absolute Gasteiger partial charge is 0.183 e. The number of hydrogen-bond acceptors (Lipinski definition) is 7. The van der Waals surface area contributed by atoms with Gasteiger partial charge in [-0.25, -0.2) is 4.98 Å². The molecular weight excluding hydrogens is 448 g/mol. The fourth-order valence-electron chi connectivity index (χ4n) is 3.78. The van der Waals surface area contributed by atoms with E-state index >= 15 is 0 Å². The van der Waals surface area contributed by atoms with Crippen molar-refractivity contribution in [2.75, 3.05) is 36.5 Å². The second-order valence-electron chi connectivity index (χ2n) is 8.59. The molecule has 0 aliphatic carbocycles. The second-order valence-corrected chi connectivity index (χ2v) is 8.59. The maximum absolute atomic E-state index is 4.69. The molecule has 1 aliphatic heterocycles. The number of aromatic amines is 1. The fraction of sp³-hybridized carbons (Fsp3) is 0.357. The molecule has 0 unspecified atom stereocenters. The van der Waals surface area contributed by atoms with E-state index in [1.54, 1.807) is 6.20 Å². The monoisotopic (exact) mass is 486 g/mol. The van der Waals surface area contributed by atoms with Crippen molar-refractivity contribution < 1.29 is 0 Å². The van der Waals surface area contributed by atoms with Crippen LogP contribution in [0.15, 0.2) is 60.0 Å². The molecule has 8 heteroatoms. The molecule has 0 bridgehead atoms. The van der Waals surface area contributed by atoms with E-state index in [4.69, 9.17) is 0 Å². The quantitative estimate of drug-likeness (QED) is 0.258. The molecule has 8 nitrogen and oxygen atoms in total. The topological polar surface area (TPSA) is 94.1 Å². The number of fused-ring (bicyclic) bond motifs is 1. The van der Waals surface area contributed by atoms with Gasteiger partial charge in [0.25, 0.3) is 0 Å². The van der Waals surface area contributed by atoms with Crippen LogP contribution in [0.4, 0.5) is 11.5 Å². The lowest BCUT2D eigenvalue weighted by atomic mass is 10.1. The Morgan fingerprint density at radius 2 is 1.75 bits per heavy atom. The number of aryl methyl sites for hydroxylation is 2. The molecule has 0 amide bonds. The van der Waals surface area contributed by atoms with E-state index in [0.29, 0.717) is 5.82 Å². The van der Waals surface area contributed by atoms with Crippen molar-refractivity contribution in [2.24, 2.45) is 5.10 Å². The molecule has 1 fully saturated rings. The summed E-state index contributed by atoms with van der Waals surface area (Å²) in [5.74, 6) is 1.53. The molecule has 2 aromatic carbocycles. The first-order valence-electron chi connectivity index (χ1n) is 12.6. The Morgan fingerprint density at radius 1 is 1.00 bits per heavy atom. The van der Waals surface area contributed by atoms with Crippen molar-refractivity contribution in [3.8, 4) is 11.4 Å². The van der Waals surface area contributed by atoms with Gasteiger partial charge in [0.05, 0.1) is 11.9 Å². The number of aromatic nitrogens is 4. The standard InChI is InChI=1S/C17H23N7.C9H9N.C2H6/c1-12(2)21-22-15-5-4-14(10-13(15)3)17-20-16(11-19-23-17)24-8-6-18-7-9-24;1-7-6-10-9-5-3-2-4-8(7)9;1-2/h4-5,10-11,18,22H,6-9H2,1-3H3;2-6,10H,1H3;1-2H3. The highest BCUT2D eigenvalue weighted by molar-refractivity contribution is 5.82. The molecule has 2 aromatic heterocycles. The Bertz CT molecular complexity index is 1270. The van der Waals surface area contributed by atoms with Crippen molar-refractivity contribution in [3.05, 3.63) is 66.0 Å². The summed E-state index contributed by atoms with van der Waals surface area (Å²) < 4.78 is 0. The van der Waals surface area contributed by atoms with Gasteiger partial charge >= 0.3 is 0 Å². The number of H-pyrrole nitrogens is 1. The Kier molecular flexibility index (Phi) is 9.94. The second kappa shape index (κ2) is 13.3. The van der Waals surface area contributed by atoms with Crippen LogP contribution in [0.25, 0.3) is 22.3 Å². The lowest BCUT2D eigenvalue weighted by molar-refractivity contribution is 0.583. The molecule has 190 valence electrons. The van der Waals surface area contributed by atoms with Crippen molar-refractivity contribution >= 4 is 28.1 Å². The lowest BCUT2D eigenvalue weighted by Gasteiger charge is -2.28. The van der Waals surface area contributed by atoms with Crippen molar-refractivity contribution in [1.82, 2.24) is 25.5 Å². The molecule has 3 N–H and O–H groups in total. The van der Waals surface area contributed by atoms with Gasteiger partial charge in [0.2, 0.25) is 0 Å². The van der Waals surface area contributed by atoms with Crippen LogP contribution in [-0.4, -0.2) is 52.1 Å². The number of piperazine rings is 1. The van der Waals surface area contributed by atoms with E-state index < -0.39 is 0 Å². The molecule has 1 saturated heterocycles. The predicted octanol–water partition coefficient (Wildman–Crippen LogP) is 5.57. The SMILES string of the molecule is CC.CC(C)=NNc1ccc(-c2nncc(N3CCNCC3)n2)cc1C.Cc1c[nH]c2ccccc12. The molecule has 0 saturated carbocycles. The summed E-state index contributed by atoms with van der Waals surface area (Å²) in [5.41, 5.74) is 9.62. The fourth-order valence-corrected chi connectivity index (χ4v) is 3.78. The summed E-state index contributed by atoms with van der Waals surface area (Å²) in [7, 11) is 0. The summed E-state index contributed by atoms with van der Waals surface area (Å²) in [6.45, 7) is 15.9. The van der Waals surface area contributed by atoms with Crippen LogP contribution in [0.5, 0.6) is 0 Å². The Morgan fingerprint density at radius 3 is 2.44 bits per heavy atom. The van der Waals surface area contributed by atoms with E-state index in [1.165, 1.54) is 16.5 Å². The van der Waals surface area contributed by atoms with Crippen molar-refractivity contribution in [2.45, 2.75) is 41.5 Å². The molecule has 0 radical (unpaired) electrons. The zero-order valence-corrected chi connectivity index (χ0v) is 22.3. The molecule has 5 rings (SSSR count). The van der Waals surface area contributed by atoms with E-state index in [0.717, 1.165) is 54.5 Å². The average Bonchev–Trinajstić information content (AvgIpc) is 3.31. The summed E-state index contributed by atoms with van der Waals surface area (Å²) >= 11 is 0. The van der Waals surface area contributed by atoms with Crippen LogP contribution in [0.1, 0.15) is 38.8 Å². The van der Waals surface area contributed by atoms with E-state index in [-0.39, 0.29) is 0 Å². The minimum atomic E-state index is 0.649. The van der Waals surface area contributed by atoms with Crippen molar-refractivity contribution in [1.29, 1.82) is 0 Å². The molecule has 1 aliphatic rings. The maximum atomic E-state index is 4.69. The normalized spacial score (nSPS) is 12.7. The first-order valence-corrected chi connectivity index (χ1v) is 12.6. The summed E-state index contributed by atoms with van der Waals surface area (Å²) in [5, 5.41) is 17.2. The Balaban J connectivity index is 0.000000249. The van der Waals surface area contributed by atoms with Gasteiger partial charge in [-0.3, -0.25) is 5.43 Å². The Hall–Kier alpha value is -3.78. The van der Waals surface area contributed by atoms with Gasteiger partial charge in [-0.1, -0.05) is 32.0 Å². The third kappa shape index (κ3) is 7.11. The van der Waals surface area contributed by atoms with Crippen LogP contribution in [0, 0.1) is 13.8 Å². The highest BCUT2D eigenvalue weighted by Gasteiger charge is 2.14. The summed E-state index contributed by atoms with van der Waals surface area (Å²) in [6.07, 6.45) is 3.76. The van der Waals surface area contributed by atoms with Gasteiger partial charge in [-0.05, 0) is 63.1 Å². The lowest BCUT2D eigenvalue weighted by Crippen LogP contribution is -2.44. The van der Waals surface area contributed by atoms with Gasteiger partial charge < -0.3 is 15.2 Å². The predicted molar refractivity (Wildman–Crippen MR) is 152 cm³/mol. The molecule has 3 heterocycles. The van der Waals surface area contributed by atoms with Crippen LogP contribution >= 0.6 is 0 Å². The highest BCUT2D eigenvalue weighted by Crippen LogP contribution is 2.23. The largest absolute Gasteiger partial charge is 0.361 e. The first-order chi connectivity index (χ1) is 17.5. The van der Waals surface area contributed by atoms with Crippen LogP contribution < -0.4 is 15.6 Å². The molecular formula is C28H38N8. The van der Waals surface area contributed by atoms with E-state index in [2.05, 4.69) is 72.1 Å². The van der Waals surface area contributed by atoms with Crippen molar-refractivity contribution in [3.63, 3.8) is 0 Å². The van der Waals surface area contributed by atoms with Gasteiger partial charge in [-0.2, -0.15) is 10.2 Å². The third-order valence-electron chi connectivity index (χ3n) is 5.67. The number of rotatable bonds is 4. The molecule has 0 spiro atoms. The third-order valence-corrected chi connectivity index (χ3v) is 5.67. The van der Waals surface area contributed by atoms with Crippen LogP contribution in [-0.2, 0) is 0 Å². The summed E-state index contributed by atoms with van der Waals surface area (Å²) in [4.78, 5) is 10.1. The minimum Gasteiger partial charge on any atom is -0.361 e. The molecule has 36 heavy (non-hydrogen) atoms. The number of para-hydroxylation sites is 1. The number of nitrogens with zero attached hydrogens (tertiary/aromatic N) is 5. The number of nitrogens with one attached hydrogen (secondary N) is 3. The van der Waals surface area contributed by atoms with Crippen LogP contribution in [0.3, 0.4) is 0 Å². The molecule has 4 aromatic rings. The summed E-state index contributed by atoms with van der Waals surface area (Å²) in [6, 6.07) is 14.4. The average molecular weight is 487 g/mol. The Labute approximate surface area is 214 Å². The number of hydrazone groups is 1. The first kappa shape index (κ1) is 26.8. The van der Waals surface area contributed by atoms with Gasteiger partial charge in [-0.15, -0.1) is 5.10 Å². The number of hydrogen-bond donors (Lipinski definition) is 3. The van der Waals surface area contributed by atoms with Gasteiger partial charge in [0, 0.05) is 54.6 Å². The number of benzene rings is 2.